The monoisotopic (exact) mass is 220 g/mol. The van der Waals surface area contributed by atoms with Gasteiger partial charge in [-0.05, 0) is 25.0 Å². The molecule has 0 fully saturated rings. The highest BCUT2D eigenvalue weighted by Gasteiger charge is 2.16. The molecule has 0 saturated carbocycles. The van der Waals surface area contributed by atoms with Crippen LogP contribution < -0.4 is 5.73 Å². The molecule has 0 aliphatic heterocycles. The van der Waals surface area contributed by atoms with Gasteiger partial charge < -0.3 is 5.73 Å². The van der Waals surface area contributed by atoms with E-state index in [0.717, 1.165) is 5.75 Å². The lowest BCUT2D eigenvalue weighted by Crippen LogP contribution is -2.36. The van der Waals surface area contributed by atoms with E-state index < -0.39 is 5.54 Å². The van der Waals surface area contributed by atoms with Gasteiger partial charge in [0, 0.05) is 11.5 Å². The molecule has 0 bridgehead atoms. The lowest BCUT2D eigenvalue weighted by atomic mass is 10.1. The van der Waals surface area contributed by atoms with Crippen molar-refractivity contribution in [3.63, 3.8) is 0 Å². The van der Waals surface area contributed by atoms with Crippen molar-refractivity contribution in [1.82, 2.24) is 0 Å². The highest BCUT2D eigenvalue weighted by Crippen LogP contribution is 2.18. The maximum atomic E-state index is 8.76. The van der Waals surface area contributed by atoms with Crippen LogP contribution in [0.4, 0.5) is 0 Å². The molecular formula is C12H16N2S. The molecule has 0 aliphatic rings. The quantitative estimate of drug-likeness (QED) is 0.848. The molecule has 0 amide bonds. The van der Waals surface area contributed by atoms with E-state index in [-0.39, 0.29) is 0 Å². The molecule has 0 heterocycles. The number of hydrogen-bond donors (Lipinski definition) is 1. The predicted octanol–water partition coefficient (Wildman–Crippen LogP) is 2.47. The van der Waals surface area contributed by atoms with Crippen LogP contribution in [0.15, 0.2) is 24.3 Å². The Balaban J connectivity index is 2.46. The van der Waals surface area contributed by atoms with Crippen molar-refractivity contribution in [1.29, 1.82) is 5.26 Å². The van der Waals surface area contributed by atoms with Crippen molar-refractivity contribution in [2.75, 3.05) is 5.75 Å². The molecule has 15 heavy (non-hydrogen) atoms. The fourth-order valence-electron chi connectivity index (χ4n) is 1.18. The van der Waals surface area contributed by atoms with Gasteiger partial charge in [-0.1, -0.05) is 24.3 Å². The predicted molar refractivity (Wildman–Crippen MR) is 65.5 cm³/mol. The second-order valence-corrected chi connectivity index (χ2v) is 4.93. The zero-order valence-electron chi connectivity index (χ0n) is 9.16. The minimum absolute atomic E-state index is 0.665. The average Bonchev–Trinajstić information content (AvgIpc) is 2.21. The summed E-state index contributed by atoms with van der Waals surface area (Å²) in [7, 11) is 0. The van der Waals surface area contributed by atoms with Crippen LogP contribution in [-0.4, -0.2) is 11.3 Å². The third kappa shape index (κ3) is 3.94. The van der Waals surface area contributed by atoms with E-state index in [4.69, 9.17) is 11.0 Å². The molecule has 1 atom stereocenters. The first-order chi connectivity index (χ1) is 7.05. The number of nitrogens with zero attached hydrogens (tertiary/aromatic N) is 1. The average molecular weight is 220 g/mol. The Bertz CT molecular complexity index is 366. The summed E-state index contributed by atoms with van der Waals surface area (Å²) in [4.78, 5) is 0. The summed E-state index contributed by atoms with van der Waals surface area (Å²) in [5.41, 5.74) is 7.63. The van der Waals surface area contributed by atoms with Crippen LogP contribution in [0.1, 0.15) is 18.1 Å². The molecule has 2 N–H and O–H groups in total. The molecule has 2 nitrogen and oxygen atoms in total. The highest BCUT2D eigenvalue weighted by atomic mass is 32.2. The minimum atomic E-state index is -0.715. The van der Waals surface area contributed by atoms with E-state index >= 15 is 0 Å². The first-order valence-corrected chi connectivity index (χ1v) is 6.03. The molecule has 0 saturated heterocycles. The molecule has 0 aliphatic carbocycles. The van der Waals surface area contributed by atoms with Crippen LogP contribution in [0.3, 0.4) is 0 Å². The number of nitrogens with two attached hydrogens (primary N) is 1. The Morgan fingerprint density at radius 3 is 2.73 bits per heavy atom. The third-order valence-electron chi connectivity index (χ3n) is 2.18. The van der Waals surface area contributed by atoms with Crippen LogP contribution in [0.2, 0.25) is 0 Å². The van der Waals surface area contributed by atoms with E-state index in [9.17, 15) is 0 Å². The SMILES string of the molecule is Cc1ccccc1CSCC(C)(N)C#N. The van der Waals surface area contributed by atoms with Gasteiger partial charge in [0.05, 0.1) is 6.07 Å². The van der Waals surface area contributed by atoms with Crippen molar-refractivity contribution in [3.05, 3.63) is 35.4 Å². The van der Waals surface area contributed by atoms with Gasteiger partial charge in [-0.3, -0.25) is 0 Å². The van der Waals surface area contributed by atoms with Crippen molar-refractivity contribution in [2.24, 2.45) is 5.73 Å². The van der Waals surface area contributed by atoms with Crippen molar-refractivity contribution >= 4 is 11.8 Å². The smallest absolute Gasteiger partial charge is 0.110 e. The van der Waals surface area contributed by atoms with Gasteiger partial charge in [0.1, 0.15) is 5.54 Å². The molecule has 1 unspecified atom stereocenters. The fraction of sp³-hybridized carbons (Fsp3) is 0.417. The largest absolute Gasteiger partial charge is 0.313 e. The van der Waals surface area contributed by atoms with Gasteiger partial charge in [0.25, 0.3) is 0 Å². The summed E-state index contributed by atoms with van der Waals surface area (Å²) in [6, 6.07) is 10.4. The molecule has 0 aromatic heterocycles. The topological polar surface area (TPSA) is 49.8 Å². The van der Waals surface area contributed by atoms with Crippen LogP contribution in [-0.2, 0) is 5.75 Å². The van der Waals surface area contributed by atoms with E-state index in [1.165, 1.54) is 11.1 Å². The van der Waals surface area contributed by atoms with E-state index in [0.29, 0.717) is 5.75 Å². The van der Waals surface area contributed by atoms with Crippen molar-refractivity contribution in [2.45, 2.75) is 25.1 Å². The summed E-state index contributed by atoms with van der Waals surface area (Å²) < 4.78 is 0. The Hall–Kier alpha value is -0.980. The van der Waals surface area contributed by atoms with E-state index in [1.54, 1.807) is 18.7 Å². The van der Waals surface area contributed by atoms with Gasteiger partial charge in [-0.25, -0.2) is 0 Å². The molecule has 0 spiro atoms. The Labute approximate surface area is 95.5 Å². The van der Waals surface area contributed by atoms with Gasteiger partial charge in [-0.2, -0.15) is 17.0 Å². The van der Waals surface area contributed by atoms with Gasteiger partial charge >= 0.3 is 0 Å². The molecule has 0 radical (unpaired) electrons. The molecule has 1 aromatic carbocycles. The zero-order chi connectivity index (χ0) is 11.3. The van der Waals surface area contributed by atoms with Gasteiger partial charge in [-0.15, -0.1) is 0 Å². The van der Waals surface area contributed by atoms with Gasteiger partial charge in [0.15, 0.2) is 0 Å². The van der Waals surface area contributed by atoms with Crippen LogP contribution >= 0.6 is 11.8 Å². The zero-order valence-corrected chi connectivity index (χ0v) is 9.97. The maximum absolute atomic E-state index is 8.76. The second-order valence-electron chi connectivity index (χ2n) is 3.95. The summed E-state index contributed by atoms with van der Waals surface area (Å²) >= 11 is 1.70. The van der Waals surface area contributed by atoms with Crippen molar-refractivity contribution < 1.29 is 0 Å². The number of aryl methyl sites for hydroxylation is 1. The molecular weight excluding hydrogens is 204 g/mol. The molecule has 1 aromatic rings. The second kappa shape index (κ2) is 5.20. The van der Waals surface area contributed by atoms with E-state index in [1.807, 2.05) is 12.1 Å². The lowest BCUT2D eigenvalue weighted by molar-refractivity contribution is 0.682. The first kappa shape index (κ1) is 12.1. The van der Waals surface area contributed by atoms with Crippen LogP contribution in [0.5, 0.6) is 0 Å². The normalized spacial score (nSPS) is 14.3. The third-order valence-corrected chi connectivity index (χ3v) is 3.50. The number of benzene rings is 1. The number of hydrogen-bond acceptors (Lipinski definition) is 3. The highest BCUT2D eigenvalue weighted by molar-refractivity contribution is 7.98. The minimum Gasteiger partial charge on any atom is -0.313 e. The van der Waals surface area contributed by atoms with Gasteiger partial charge in [0.2, 0.25) is 0 Å². The lowest BCUT2D eigenvalue weighted by Gasteiger charge is -2.14. The maximum Gasteiger partial charge on any atom is 0.110 e. The van der Waals surface area contributed by atoms with E-state index in [2.05, 4.69) is 25.1 Å². The Morgan fingerprint density at radius 1 is 1.47 bits per heavy atom. The summed E-state index contributed by atoms with van der Waals surface area (Å²) in [5, 5.41) is 8.76. The van der Waals surface area contributed by atoms with Crippen molar-refractivity contribution in [3.8, 4) is 6.07 Å². The Morgan fingerprint density at radius 2 is 2.13 bits per heavy atom. The summed E-state index contributed by atoms with van der Waals surface area (Å²) in [6.45, 7) is 3.86. The number of thioether (sulfide) groups is 1. The summed E-state index contributed by atoms with van der Waals surface area (Å²) in [5.74, 6) is 1.58. The molecule has 1 rings (SSSR count). The Kier molecular flexibility index (Phi) is 4.19. The van der Waals surface area contributed by atoms with Crippen LogP contribution in [0, 0.1) is 18.3 Å². The van der Waals surface area contributed by atoms with Crippen LogP contribution in [0.25, 0.3) is 0 Å². The summed E-state index contributed by atoms with van der Waals surface area (Å²) in [6.07, 6.45) is 0. The standard InChI is InChI=1S/C12H16N2S/c1-10-5-3-4-6-11(10)7-15-9-12(2,14)8-13/h3-6H,7,9,14H2,1-2H3. The number of nitriles is 1. The fourth-order valence-corrected chi connectivity index (χ4v) is 2.31. The number of rotatable bonds is 4. The molecule has 3 heteroatoms. The first-order valence-electron chi connectivity index (χ1n) is 4.87. The molecule has 80 valence electrons.